The second kappa shape index (κ2) is 4.31. The van der Waals surface area contributed by atoms with Crippen molar-refractivity contribution in [2.75, 3.05) is 19.7 Å². The summed E-state index contributed by atoms with van der Waals surface area (Å²) in [5.74, 6) is -0.311. The van der Waals surface area contributed by atoms with Gasteiger partial charge in [0.2, 0.25) is 0 Å². The molecule has 0 saturated carbocycles. The summed E-state index contributed by atoms with van der Waals surface area (Å²) in [6.07, 6.45) is 1.92. The Morgan fingerprint density at radius 2 is 2.19 bits per heavy atom. The fraction of sp³-hybridized carbons (Fsp3) is 0.400. The molecular weight excluding hydrogens is 270 g/mol. The highest BCUT2D eigenvalue weighted by Crippen LogP contribution is 2.31. The van der Waals surface area contributed by atoms with Crippen LogP contribution in [0.3, 0.4) is 0 Å². The van der Waals surface area contributed by atoms with Crippen LogP contribution in [-0.4, -0.2) is 46.0 Å². The minimum absolute atomic E-state index is 0.111. The first-order valence-electron chi connectivity index (χ1n) is 7.01. The Bertz CT molecular complexity index is 752. The highest BCUT2D eigenvalue weighted by atomic mass is 16.5. The number of hydrogen-bond acceptors (Lipinski definition) is 4. The number of aromatic nitrogens is 2. The smallest absolute Gasteiger partial charge is 0.311 e. The van der Waals surface area contributed by atoms with Crippen molar-refractivity contribution in [3.05, 3.63) is 30.1 Å². The highest BCUT2D eigenvalue weighted by Gasteiger charge is 2.45. The van der Waals surface area contributed by atoms with Crippen LogP contribution in [0, 0.1) is 11.8 Å². The van der Waals surface area contributed by atoms with Crippen LogP contribution in [0.4, 0.5) is 0 Å². The van der Waals surface area contributed by atoms with Crippen molar-refractivity contribution in [3.63, 3.8) is 0 Å². The first-order valence-corrected chi connectivity index (χ1v) is 7.01. The molecule has 0 aliphatic carbocycles. The lowest BCUT2D eigenvalue weighted by atomic mass is 10.0. The van der Waals surface area contributed by atoms with Gasteiger partial charge in [0.25, 0.3) is 5.91 Å². The highest BCUT2D eigenvalue weighted by molar-refractivity contribution is 5.95. The Kier molecular flexibility index (Phi) is 2.54. The zero-order chi connectivity index (χ0) is 14.6. The van der Waals surface area contributed by atoms with Gasteiger partial charge in [-0.3, -0.25) is 9.59 Å². The van der Waals surface area contributed by atoms with Gasteiger partial charge in [-0.1, -0.05) is 0 Å². The lowest BCUT2D eigenvalue weighted by Gasteiger charge is -2.16. The number of cyclic esters (lactones) is 1. The van der Waals surface area contributed by atoms with Crippen molar-refractivity contribution >= 4 is 22.9 Å². The van der Waals surface area contributed by atoms with Crippen molar-refractivity contribution in [1.29, 1.82) is 0 Å². The topological polar surface area (TPSA) is 64.4 Å². The van der Waals surface area contributed by atoms with E-state index in [9.17, 15) is 9.59 Å². The molecule has 2 saturated heterocycles. The zero-order valence-electron chi connectivity index (χ0n) is 11.7. The monoisotopic (exact) mass is 285 g/mol. The Morgan fingerprint density at radius 1 is 1.33 bits per heavy atom. The van der Waals surface area contributed by atoms with Gasteiger partial charge in [0, 0.05) is 37.6 Å². The third kappa shape index (κ3) is 1.82. The van der Waals surface area contributed by atoms with Crippen LogP contribution in [0.2, 0.25) is 0 Å². The number of carbonyl (C=O) groups is 2. The van der Waals surface area contributed by atoms with Crippen LogP contribution >= 0.6 is 0 Å². The number of pyridine rings is 1. The van der Waals surface area contributed by atoms with Crippen LogP contribution in [0.5, 0.6) is 0 Å². The van der Waals surface area contributed by atoms with Crippen LogP contribution < -0.4 is 0 Å². The predicted molar refractivity (Wildman–Crippen MR) is 74.6 cm³/mol. The number of amides is 1. The number of esters is 1. The average Bonchev–Trinajstić information content (AvgIpc) is 3.16. The maximum atomic E-state index is 12.6. The zero-order valence-corrected chi connectivity index (χ0v) is 11.7. The Balaban J connectivity index is 1.62. The van der Waals surface area contributed by atoms with E-state index in [1.807, 2.05) is 29.9 Å². The quantitative estimate of drug-likeness (QED) is 0.728. The summed E-state index contributed by atoms with van der Waals surface area (Å²) >= 11 is 0. The summed E-state index contributed by atoms with van der Waals surface area (Å²) < 4.78 is 6.91. The van der Waals surface area contributed by atoms with Crippen molar-refractivity contribution in [3.8, 4) is 0 Å². The fourth-order valence-corrected chi connectivity index (χ4v) is 3.18. The molecule has 1 amide bonds. The summed E-state index contributed by atoms with van der Waals surface area (Å²) in [4.78, 5) is 30.3. The fourth-order valence-electron chi connectivity index (χ4n) is 3.18. The van der Waals surface area contributed by atoms with E-state index in [0.29, 0.717) is 25.4 Å². The molecule has 2 aromatic heterocycles. The Morgan fingerprint density at radius 3 is 3.00 bits per heavy atom. The molecule has 0 N–H and O–H groups in total. The third-order valence-electron chi connectivity index (χ3n) is 4.41. The largest absolute Gasteiger partial charge is 0.465 e. The summed E-state index contributed by atoms with van der Waals surface area (Å²) in [6, 6.07) is 5.62. The number of hydrogen-bond donors (Lipinski definition) is 0. The van der Waals surface area contributed by atoms with Gasteiger partial charge in [-0.25, -0.2) is 4.98 Å². The van der Waals surface area contributed by atoms with Gasteiger partial charge in [-0.05, 0) is 18.2 Å². The standard InChI is InChI=1S/C15H15N3O3/c1-17-5-4-9-2-3-12(16-13(9)17)14(19)18-6-10-8-21-15(20)11(10)7-18/h2-5,10-11H,6-8H2,1H3/t10-,11-/m1/s1. The van der Waals surface area contributed by atoms with Gasteiger partial charge in [0.15, 0.2) is 0 Å². The molecule has 2 aliphatic heterocycles. The van der Waals surface area contributed by atoms with E-state index in [2.05, 4.69) is 4.98 Å². The van der Waals surface area contributed by atoms with Crippen LogP contribution in [0.1, 0.15) is 10.5 Å². The van der Waals surface area contributed by atoms with E-state index in [4.69, 9.17) is 4.74 Å². The third-order valence-corrected chi connectivity index (χ3v) is 4.41. The Hall–Kier alpha value is -2.37. The maximum Gasteiger partial charge on any atom is 0.311 e. The Labute approximate surface area is 121 Å². The molecule has 2 atom stereocenters. The number of nitrogens with zero attached hydrogens (tertiary/aromatic N) is 3. The maximum absolute atomic E-state index is 12.6. The number of carbonyl (C=O) groups excluding carboxylic acids is 2. The van der Waals surface area contributed by atoms with Crippen LogP contribution in [0.15, 0.2) is 24.4 Å². The van der Waals surface area contributed by atoms with Gasteiger partial charge in [0.05, 0.1) is 12.5 Å². The number of fused-ring (bicyclic) bond motifs is 2. The van der Waals surface area contributed by atoms with Crippen molar-refractivity contribution in [2.45, 2.75) is 0 Å². The van der Waals surface area contributed by atoms with E-state index >= 15 is 0 Å². The SMILES string of the molecule is Cn1ccc2ccc(C(=O)N3C[C@@H]4COC(=O)[C@@H]4C3)nc21. The van der Waals surface area contributed by atoms with Crippen molar-refractivity contribution < 1.29 is 14.3 Å². The minimum Gasteiger partial charge on any atom is -0.465 e. The molecule has 4 heterocycles. The van der Waals surface area contributed by atoms with E-state index in [1.54, 1.807) is 11.0 Å². The second-order valence-electron chi connectivity index (χ2n) is 5.74. The van der Waals surface area contributed by atoms with Gasteiger partial charge >= 0.3 is 5.97 Å². The average molecular weight is 285 g/mol. The molecule has 6 heteroatoms. The van der Waals surface area contributed by atoms with Gasteiger partial charge < -0.3 is 14.2 Å². The lowest BCUT2D eigenvalue weighted by Crippen LogP contribution is -2.31. The molecule has 2 aliphatic rings. The molecule has 2 aromatic rings. The van der Waals surface area contributed by atoms with Gasteiger partial charge in [0.1, 0.15) is 11.3 Å². The van der Waals surface area contributed by atoms with Gasteiger partial charge in [-0.15, -0.1) is 0 Å². The molecule has 108 valence electrons. The number of rotatable bonds is 1. The van der Waals surface area contributed by atoms with Crippen molar-refractivity contribution in [2.24, 2.45) is 18.9 Å². The van der Waals surface area contributed by atoms with Crippen LogP contribution in [-0.2, 0) is 16.6 Å². The van der Waals surface area contributed by atoms with E-state index in [0.717, 1.165) is 11.0 Å². The molecule has 0 spiro atoms. The first-order chi connectivity index (χ1) is 10.1. The lowest BCUT2D eigenvalue weighted by molar-refractivity contribution is -0.141. The predicted octanol–water partition coefficient (Wildman–Crippen LogP) is 0.818. The van der Waals surface area contributed by atoms with E-state index in [-0.39, 0.29) is 23.7 Å². The summed E-state index contributed by atoms with van der Waals surface area (Å²) in [5, 5.41) is 1.01. The number of likely N-dealkylation sites (tertiary alicyclic amines) is 1. The first kappa shape index (κ1) is 12.4. The molecule has 6 nitrogen and oxygen atoms in total. The molecular formula is C15H15N3O3. The minimum atomic E-state index is -0.179. The molecule has 0 unspecified atom stereocenters. The van der Waals surface area contributed by atoms with E-state index in [1.165, 1.54) is 0 Å². The van der Waals surface area contributed by atoms with Crippen molar-refractivity contribution in [1.82, 2.24) is 14.5 Å². The molecule has 0 aromatic carbocycles. The molecule has 21 heavy (non-hydrogen) atoms. The number of aryl methyl sites for hydroxylation is 1. The van der Waals surface area contributed by atoms with E-state index < -0.39 is 0 Å². The number of ether oxygens (including phenoxy) is 1. The normalized spacial score (nSPS) is 24.4. The summed E-state index contributed by atoms with van der Waals surface area (Å²) in [5.41, 5.74) is 1.22. The van der Waals surface area contributed by atoms with Gasteiger partial charge in [-0.2, -0.15) is 0 Å². The molecule has 2 fully saturated rings. The summed E-state index contributed by atoms with van der Waals surface area (Å²) in [6.45, 7) is 1.44. The molecule has 0 bridgehead atoms. The summed E-state index contributed by atoms with van der Waals surface area (Å²) in [7, 11) is 1.90. The molecule has 4 rings (SSSR count). The molecule has 0 radical (unpaired) electrons. The van der Waals surface area contributed by atoms with Crippen LogP contribution in [0.25, 0.3) is 11.0 Å². The second-order valence-corrected chi connectivity index (χ2v) is 5.74.